The van der Waals surface area contributed by atoms with Crippen LogP contribution in [0.4, 0.5) is 11.4 Å². The molecule has 0 radical (unpaired) electrons. The van der Waals surface area contributed by atoms with Gasteiger partial charge < -0.3 is 0 Å². The Labute approximate surface area is 129 Å². The number of thiocyanates is 2. The standard InChI is InChI=1S/C11H4N4S4/c1-7-2-8(18-3-12)9(14-5-16)10(15-6-17)11(7)19-4-13/h2H,1H3. The quantitative estimate of drug-likeness (QED) is 0.349. The molecule has 0 atom stereocenters. The minimum atomic E-state index is 0.377. The summed E-state index contributed by atoms with van der Waals surface area (Å²) in [5.74, 6) is 0. The summed E-state index contributed by atoms with van der Waals surface area (Å²) in [7, 11) is 0. The second kappa shape index (κ2) is 7.83. The highest BCUT2D eigenvalue weighted by Gasteiger charge is 2.17. The van der Waals surface area contributed by atoms with Gasteiger partial charge in [-0.25, -0.2) is 0 Å². The van der Waals surface area contributed by atoms with Crippen LogP contribution in [0.15, 0.2) is 25.8 Å². The van der Waals surface area contributed by atoms with E-state index in [9.17, 15) is 0 Å². The monoisotopic (exact) mass is 320 g/mol. The van der Waals surface area contributed by atoms with Crippen LogP contribution in [0.25, 0.3) is 0 Å². The maximum Gasteiger partial charge on any atom is 0.138 e. The summed E-state index contributed by atoms with van der Waals surface area (Å²) in [5.41, 5.74) is 1.57. The third-order valence-corrected chi connectivity index (χ3v) is 3.61. The maximum absolute atomic E-state index is 8.83. The van der Waals surface area contributed by atoms with Crippen LogP contribution in [-0.2, 0) is 0 Å². The molecule has 4 nitrogen and oxygen atoms in total. The van der Waals surface area contributed by atoms with Gasteiger partial charge in [-0.3, -0.25) is 0 Å². The summed E-state index contributed by atoms with van der Waals surface area (Å²) in [6, 6.07) is 1.75. The van der Waals surface area contributed by atoms with Gasteiger partial charge in [0.2, 0.25) is 0 Å². The lowest BCUT2D eigenvalue weighted by Crippen LogP contribution is -1.84. The summed E-state index contributed by atoms with van der Waals surface area (Å²) in [6.07, 6.45) is 0. The summed E-state index contributed by atoms with van der Waals surface area (Å²) in [4.78, 5) is 9.06. The van der Waals surface area contributed by atoms with Crippen molar-refractivity contribution in [2.45, 2.75) is 16.7 Å². The van der Waals surface area contributed by atoms with Crippen molar-refractivity contribution in [2.75, 3.05) is 0 Å². The van der Waals surface area contributed by atoms with Gasteiger partial charge in [-0.2, -0.15) is 20.5 Å². The summed E-state index contributed by atoms with van der Waals surface area (Å²) >= 11 is 11.1. The fraction of sp³-hybridized carbons (Fsp3) is 0.0909. The average molecular weight is 320 g/mol. The Morgan fingerprint density at radius 3 is 2.16 bits per heavy atom. The smallest absolute Gasteiger partial charge is 0.138 e. The van der Waals surface area contributed by atoms with Crippen LogP contribution < -0.4 is 0 Å². The number of isothiocyanates is 2. The Kier molecular flexibility index (Phi) is 6.41. The number of nitrogens with zero attached hydrogens (tertiary/aromatic N) is 4. The van der Waals surface area contributed by atoms with Gasteiger partial charge in [0.1, 0.15) is 22.2 Å². The van der Waals surface area contributed by atoms with Crippen molar-refractivity contribution < 1.29 is 0 Å². The van der Waals surface area contributed by atoms with Crippen molar-refractivity contribution in [1.29, 1.82) is 10.5 Å². The van der Waals surface area contributed by atoms with Crippen molar-refractivity contribution in [3.8, 4) is 10.8 Å². The van der Waals surface area contributed by atoms with Crippen LogP contribution in [-0.4, -0.2) is 10.3 Å². The second-order valence-electron chi connectivity index (χ2n) is 3.01. The van der Waals surface area contributed by atoms with E-state index in [1.54, 1.807) is 6.07 Å². The Hall–Kier alpha value is -1.50. The van der Waals surface area contributed by atoms with E-state index in [4.69, 9.17) is 10.5 Å². The highest BCUT2D eigenvalue weighted by Crippen LogP contribution is 2.45. The molecular formula is C11H4N4S4. The van der Waals surface area contributed by atoms with Crippen LogP contribution in [0.5, 0.6) is 0 Å². The number of benzene rings is 1. The minimum absolute atomic E-state index is 0.377. The molecule has 0 heterocycles. The van der Waals surface area contributed by atoms with E-state index in [2.05, 4.69) is 44.7 Å². The van der Waals surface area contributed by atoms with Crippen LogP contribution in [0, 0.1) is 28.3 Å². The van der Waals surface area contributed by atoms with Gasteiger partial charge in [0.25, 0.3) is 0 Å². The number of aliphatic imine (C=N–C) groups is 2. The first kappa shape index (κ1) is 15.6. The third-order valence-electron chi connectivity index (χ3n) is 2.00. The number of thiocarbonyl (C=S) groups is 2. The zero-order valence-electron chi connectivity index (χ0n) is 9.50. The van der Waals surface area contributed by atoms with Gasteiger partial charge in [0.15, 0.2) is 0 Å². The Balaban J connectivity index is 3.75. The summed E-state index contributed by atoms with van der Waals surface area (Å²) in [5, 5.41) is 26.1. The molecule has 0 aromatic heterocycles. The Morgan fingerprint density at radius 2 is 1.63 bits per heavy atom. The number of aryl methyl sites for hydroxylation is 1. The van der Waals surface area contributed by atoms with Crippen molar-refractivity contribution >= 4 is 69.7 Å². The van der Waals surface area contributed by atoms with Crippen LogP contribution >= 0.6 is 48.0 Å². The lowest BCUT2D eigenvalue weighted by molar-refractivity contribution is 1.21. The van der Waals surface area contributed by atoms with Gasteiger partial charge in [0.05, 0.1) is 20.1 Å². The zero-order valence-corrected chi connectivity index (χ0v) is 12.8. The number of thioether (sulfide) groups is 2. The molecule has 0 unspecified atom stereocenters. The molecule has 0 N–H and O–H groups in total. The molecule has 92 valence electrons. The zero-order chi connectivity index (χ0) is 14.3. The number of hydrogen-bond acceptors (Lipinski definition) is 8. The molecule has 0 aliphatic heterocycles. The molecule has 1 aromatic carbocycles. The van der Waals surface area contributed by atoms with E-state index >= 15 is 0 Å². The third kappa shape index (κ3) is 3.73. The molecule has 1 aromatic rings. The molecule has 0 aliphatic carbocycles. The van der Waals surface area contributed by atoms with E-state index in [1.165, 1.54) is 0 Å². The highest BCUT2D eigenvalue weighted by atomic mass is 32.2. The van der Waals surface area contributed by atoms with Gasteiger partial charge in [0, 0.05) is 0 Å². The molecule has 19 heavy (non-hydrogen) atoms. The molecular weight excluding hydrogens is 316 g/mol. The average Bonchev–Trinajstić information content (AvgIpc) is 2.38. The first-order valence-electron chi connectivity index (χ1n) is 4.64. The lowest BCUT2D eigenvalue weighted by Gasteiger charge is -2.10. The second-order valence-corrected chi connectivity index (χ2v) is 5.00. The molecule has 0 aliphatic rings. The van der Waals surface area contributed by atoms with Gasteiger partial charge in [-0.1, -0.05) is 0 Å². The predicted octanol–water partition coefficient (Wildman–Crippen LogP) is 4.61. The largest absolute Gasteiger partial charge is 0.191 e. The van der Waals surface area contributed by atoms with E-state index < -0.39 is 0 Å². The lowest BCUT2D eigenvalue weighted by atomic mass is 10.2. The van der Waals surface area contributed by atoms with Crippen LogP contribution in [0.2, 0.25) is 0 Å². The molecule has 1 rings (SSSR count). The first-order chi connectivity index (χ1) is 9.19. The molecule has 0 saturated carbocycles. The van der Waals surface area contributed by atoms with Gasteiger partial charge in [-0.15, -0.1) is 0 Å². The predicted molar refractivity (Wildman–Crippen MR) is 83.5 cm³/mol. The molecule has 0 saturated heterocycles. The minimum Gasteiger partial charge on any atom is -0.191 e. The van der Waals surface area contributed by atoms with Gasteiger partial charge in [-0.05, 0) is 66.5 Å². The fourth-order valence-corrected chi connectivity index (χ4v) is 2.65. The van der Waals surface area contributed by atoms with E-state index in [0.717, 1.165) is 29.1 Å². The fourth-order valence-electron chi connectivity index (χ4n) is 1.35. The van der Waals surface area contributed by atoms with Gasteiger partial charge >= 0.3 is 0 Å². The van der Waals surface area contributed by atoms with Crippen LogP contribution in [0.1, 0.15) is 5.56 Å². The van der Waals surface area contributed by atoms with E-state index in [0.29, 0.717) is 21.2 Å². The normalized spacial score (nSPS) is 8.58. The molecule has 0 spiro atoms. The molecule has 0 fully saturated rings. The highest BCUT2D eigenvalue weighted by molar-refractivity contribution is 8.04. The van der Waals surface area contributed by atoms with Crippen molar-refractivity contribution in [3.05, 3.63) is 11.6 Å². The maximum atomic E-state index is 8.83. The SMILES string of the molecule is Cc1cc(SC#N)c(N=C=S)c(N=C=S)c1SC#N. The van der Waals surface area contributed by atoms with Crippen molar-refractivity contribution in [2.24, 2.45) is 9.98 Å². The van der Waals surface area contributed by atoms with Crippen molar-refractivity contribution in [1.82, 2.24) is 0 Å². The topological polar surface area (TPSA) is 72.3 Å². The Bertz CT molecular complexity index is 686. The molecule has 8 heteroatoms. The van der Waals surface area contributed by atoms with E-state index in [-0.39, 0.29) is 0 Å². The molecule has 0 amide bonds. The first-order valence-corrected chi connectivity index (χ1v) is 7.09. The van der Waals surface area contributed by atoms with Crippen molar-refractivity contribution in [3.63, 3.8) is 0 Å². The Morgan fingerprint density at radius 1 is 1.05 bits per heavy atom. The number of rotatable bonds is 4. The van der Waals surface area contributed by atoms with Crippen LogP contribution in [0.3, 0.4) is 0 Å². The summed E-state index contributed by atoms with van der Waals surface area (Å²) < 4.78 is 0. The number of nitriles is 2. The number of hydrogen-bond donors (Lipinski definition) is 0. The molecule has 0 bridgehead atoms. The summed E-state index contributed by atoms with van der Waals surface area (Å²) in [6.45, 7) is 1.81. The van der Waals surface area contributed by atoms with E-state index in [1.807, 2.05) is 17.7 Å².